The van der Waals surface area contributed by atoms with Crippen molar-refractivity contribution in [3.63, 3.8) is 0 Å². The molecule has 0 aromatic rings. The fourth-order valence-corrected chi connectivity index (χ4v) is 6.18. The van der Waals surface area contributed by atoms with E-state index in [1.54, 1.807) is 0 Å². The zero-order valence-corrected chi connectivity index (χ0v) is 35.6. The summed E-state index contributed by atoms with van der Waals surface area (Å²) in [5, 5.41) is 8.88. The van der Waals surface area contributed by atoms with Crippen LogP contribution in [0.3, 0.4) is 0 Å². The highest BCUT2D eigenvalue weighted by Gasteiger charge is 2.28. The molecule has 0 aromatic heterocycles. The van der Waals surface area contributed by atoms with Gasteiger partial charge in [0.25, 0.3) is 0 Å². The normalized spacial score (nSPS) is 14.4. The average molecular weight is 810 g/mol. The molecule has 4 N–H and O–H groups in total. The van der Waals surface area contributed by atoms with E-state index in [-0.39, 0.29) is 19.4 Å². The maximum atomic E-state index is 12.6. The van der Waals surface area contributed by atoms with Crippen LogP contribution in [0.2, 0.25) is 0 Å². The summed E-state index contributed by atoms with van der Waals surface area (Å²) in [5.74, 6) is -2.48. The van der Waals surface area contributed by atoms with Gasteiger partial charge in [-0.3, -0.25) is 23.4 Å². The summed E-state index contributed by atoms with van der Waals surface area (Å²) >= 11 is 0. The minimum atomic E-state index is -4.73. The number of hydrogen-bond donors (Lipinski definition) is 3. The SMILES string of the molecule is CCCCC/C=C\C/C=C\C/C=C\C/C=C\C/C=C\CCC(=O)OC[C@H](COP(=O)(O)OC[C@H](N)C(=O)O)OC(=O)CCCCCCCCCCCCCCC. The summed E-state index contributed by atoms with van der Waals surface area (Å²) in [6.07, 6.45) is 44.4. The van der Waals surface area contributed by atoms with E-state index in [1.165, 1.54) is 83.5 Å². The molecule has 12 heteroatoms. The molecule has 0 amide bonds. The van der Waals surface area contributed by atoms with Crippen molar-refractivity contribution in [2.24, 2.45) is 5.73 Å². The van der Waals surface area contributed by atoms with Gasteiger partial charge < -0.3 is 25.2 Å². The number of carboxylic acids is 1. The fraction of sp³-hybridized carbons (Fsp3) is 0.705. The van der Waals surface area contributed by atoms with Crippen LogP contribution in [0, 0.1) is 0 Å². The first-order chi connectivity index (χ1) is 27.1. The second-order valence-corrected chi connectivity index (χ2v) is 15.6. The molecule has 0 rings (SSSR count). The topological polar surface area (TPSA) is 172 Å². The number of carbonyl (C=O) groups excluding carboxylic acids is 2. The minimum Gasteiger partial charge on any atom is -0.480 e. The first-order valence-electron chi connectivity index (χ1n) is 21.3. The smallest absolute Gasteiger partial charge is 0.472 e. The molecule has 0 bridgehead atoms. The van der Waals surface area contributed by atoms with E-state index >= 15 is 0 Å². The van der Waals surface area contributed by atoms with Crippen LogP contribution in [0.4, 0.5) is 0 Å². The lowest BCUT2D eigenvalue weighted by molar-refractivity contribution is -0.161. The van der Waals surface area contributed by atoms with Crippen LogP contribution < -0.4 is 5.73 Å². The Morgan fingerprint density at radius 1 is 0.554 bits per heavy atom. The Morgan fingerprint density at radius 2 is 0.982 bits per heavy atom. The molecule has 1 unspecified atom stereocenters. The predicted octanol–water partition coefficient (Wildman–Crippen LogP) is 11.2. The Balaban J connectivity index is 4.49. The van der Waals surface area contributed by atoms with Crippen molar-refractivity contribution in [3.05, 3.63) is 60.8 Å². The highest BCUT2D eigenvalue weighted by Crippen LogP contribution is 2.43. The Kier molecular flexibility index (Phi) is 37.1. The van der Waals surface area contributed by atoms with Crippen LogP contribution in [0.15, 0.2) is 60.8 Å². The van der Waals surface area contributed by atoms with E-state index in [4.69, 9.17) is 24.8 Å². The molecule has 0 saturated heterocycles. The quantitative estimate of drug-likeness (QED) is 0.0233. The summed E-state index contributed by atoms with van der Waals surface area (Å²) in [7, 11) is -4.73. The summed E-state index contributed by atoms with van der Waals surface area (Å²) in [4.78, 5) is 45.8. The zero-order valence-electron chi connectivity index (χ0n) is 34.7. The minimum absolute atomic E-state index is 0.0975. The molecule has 0 aliphatic carbocycles. The number of nitrogens with two attached hydrogens (primary N) is 1. The number of carbonyl (C=O) groups is 3. The zero-order chi connectivity index (χ0) is 41.4. The Hall–Kier alpha value is -2.82. The maximum absolute atomic E-state index is 12.6. The second kappa shape index (κ2) is 39.0. The van der Waals surface area contributed by atoms with Gasteiger partial charge in [-0.25, -0.2) is 4.57 Å². The molecule has 0 radical (unpaired) electrons. The number of unbranched alkanes of at least 4 members (excludes halogenated alkanes) is 15. The van der Waals surface area contributed by atoms with Crippen molar-refractivity contribution in [3.8, 4) is 0 Å². The van der Waals surface area contributed by atoms with E-state index in [0.29, 0.717) is 12.8 Å². The number of carboxylic acid groups (broad SMARTS) is 1. The van der Waals surface area contributed by atoms with Crippen molar-refractivity contribution >= 4 is 25.7 Å². The summed E-state index contributed by atoms with van der Waals surface area (Å²) in [6, 6.07) is -1.53. The first-order valence-corrected chi connectivity index (χ1v) is 22.8. The third kappa shape index (κ3) is 38.1. The van der Waals surface area contributed by atoms with Crippen molar-refractivity contribution in [2.75, 3.05) is 19.8 Å². The van der Waals surface area contributed by atoms with Crippen molar-refractivity contribution in [2.45, 2.75) is 180 Å². The molecule has 0 spiro atoms. The van der Waals surface area contributed by atoms with Gasteiger partial charge in [0.2, 0.25) is 0 Å². The number of aliphatic carboxylic acids is 1. The first kappa shape index (κ1) is 53.2. The van der Waals surface area contributed by atoms with Gasteiger partial charge >= 0.3 is 25.7 Å². The van der Waals surface area contributed by atoms with Gasteiger partial charge in [-0.2, -0.15) is 0 Å². The molecule has 0 aromatic carbocycles. The summed E-state index contributed by atoms with van der Waals surface area (Å²) in [6.45, 7) is 2.69. The molecule has 3 atom stereocenters. The van der Waals surface area contributed by atoms with Gasteiger partial charge in [0.05, 0.1) is 13.2 Å². The number of hydrogen-bond acceptors (Lipinski definition) is 9. The number of ether oxygens (including phenoxy) is 2. The predicted molar refractivity (Wildman–Crippen MR) is 226 cm³/mol. The van der Waals surface area contributed by atoms with Crippen molar-refractivity contribution in [1.82, 2.24) is 0 Å². The lowest BCUT2D eigenvalue weighted by atomic mass is 10.0. The number of rotatable bonds is 39. The molecule has 0 aliphatic rings. The van der Waals surface area contributed by atoms with E-state index in [2.05, 4.69) is 67.0 Å². The third-order valence-electron chi connectivity index (χ3n) is 8.78. The number of esters is 2. The van der Waals surface area contributed by atoms with Crippen LogP contribution in [0.5, 0.6) is 0 Å². The molecule has 0 aliphatic heterocycles. The van der Waals surface area contributed by atoms with Crippen molar-refractivity contribution in [1.29, 1.82) is 0 Å². The standard InChI is InChI=1S/C44H76NO10P/c1-3-5-7-9-11-13-15-17-18-19-20-21-22-24-25-27-29-31-33-35-42(46)52-37-40(38-53-56(50,51)54-39-41(45)44(48)49)55-43(47)36-34-32-30-28-26-23-16-14-12-10-8-6-4-2/h11,13,17-18,20-21,24-25,29,31,40-41H,3-10,12,14-16,19,22-23,26-28,30,32-39,45H2,1-2H3,(H,48,49)(H,50,51)/b13-11-,18-17-,21-20-,25-24-,31-29-/t40-,41+/m1/s1. The molecule has 11 nitrogen and oxygen atoms in total. The number of allylic oxidation sites excluding steroid dienone is 10. The number of phosphoric ester groups is 1. The molecule has 56 heavy (non-hydrogen) atoms. The summed E-state index contributed by atoms with van der Waals surface area (Å²) < 4.78 is 32.6. The molecule has 0 saturated carbocycles. The lowest BCUT2D eigenvalue weighted by Gasteiger charge is -2.20. The van der Waals surface area contributed by atoms with E-state index in [0.717, 1.165) is 44.9 Å². The van der Waals surface area contributed by atoms with Crippen LogP contribution in [0.1, 0.15) is 168 Å². The number of phosphoric acid groups is 1. The molecule has 0 heterocycles. The largest absolute Gasteiger partial charge is 0.480 e. The van der Waals surface area contributed by atoms with Crippen LogP contribution in [-0.2, 0) is 37.5 Å². The van der Waals surface area contributed by atoms with Crippen LogP contribution in [-0.4, -0.2) is 59.9 Å². The Bertz CT molecular complexity index is 1180. The van der Waals surface area contributed by atoms with E-state index in [1.807, 2.05) is 12.2 Å². The molecule has 0 fully saturated rings. The van der Waals surface area contributed by atoms with Crippen molar-refractivity contribution < 1.29 is 47.5 Å². The lowest BCUT2D eigenvalue weighted by Crippen LogP contribution is -2.34. The summed E-state index contributed by atoms with van der Waals surface area (Å²) in [5.41, 5.74) is 5.32. The average Bonchev–Trinajstić information content (AvgIpc) is 3.17. The Labute approximate surface area is 338 Å². The third-order valence-corrected chi connectivity index (χ3v) is 9.73. The van der Waals surface area contributed by atoms with Gasteiger partial charge in [-0.05, 0) is 51.4 Å². The van der Waals surface area contributed by atoms with Gasteiger partial charge in [0.1, 0.15) is 12.6 Å². The molecular formula is C44H76NO10P. The van der Waals surface area contributed by atoms with Gasteiger partial charge in [-0.15, -0.1) is 0 Å². The fourth-order valence-electron chi connectivity index (χ4n) is 5.40. The van der Waals surface area contributed by atoms with Crippen LogP contribution in [0.25, 0.3) is 0 Å². The van der Waals surface area contributed by atoms with E-state index in [9.17, 15) is 23.8 Å². The second-order valence-electron chi connectivity index (χ2n) is 14.1. The highest BCUT2D eigenvalue weighted by atomic mass is 31.2. The Morgan fingerprint density at radius 3 is 1.48 bits per heavy atom. The molecule has 322 valence electrons. The monoisotopic (exact) mass is 810 g/mol. The molecular weight excluding hydrogens is 733 g/mol. The van der Waals surface area contributed by atoms with Crippen LogP contribution >= 0.6 is 7.82 Å². The van der Waals surface area contributed by atoms with Gasteiger partial charge in [0, 0.05) is 12.8 Å². The van der Waals surface area contributed by atoms with E-state index < -0.39 is 51.1 Å². The highest BCUT2D eigenvalue weighted by molar-refractivity contribution is 7.47. The van der Waals surface area contributed by atoms with Gasteiger partial charge in [0.15, 0.2) is 6.10 Å². The van der Waals surface area contributed by atoms with Gasteiger partial charge in [-0.1, -0.05) is 164 Å². The maximum Gasteiger partial charge on any atom is 0.472 e.